The maximum atomic E-state index is 4.64. The van der Waals surface area contributed by atoms with Crippen LogP contribution in [0.15, 0.2) is 34.3 Å². The molecule has 0 atom stereocenters. The zero-order chi connectivity index (χ0) is 9.52. The van der Waals surface area contributed by atoms with Gasteiger partial charge in [-0.3, -0.25) is 0 Å². The van der Waals surface area contributed by atoms with Gasteiger partial charge in [0.2, 0.25) is 0 Å². The second-order valence-electron chi connectivity index (χ2n) is 3.16. The van der Waals surface area contributed by atoms with E-state index in [0.717, 1.165) is 0 Å². The minimum Gasteiger partial charge on any atom is -0.405 e. The first-order chi connectivity index (χ1) is 6.36. The fraction of sp³-hybridized carbons (Fsp3) is 0.364. The van der Waals surface area contributed by atoms with Crippen molar-refractivity contribution in [2.45, 2.75) is 24.4 Å². The van der Waals surface area contributed by atoms with E-state index in [9.17, 15) is 0 Å². The first-order valence-corrected chi connectivity index (χ1v) is 7.10. The van der Waals surface area contributed by atoms with E-state index < -0.39 is 14.4 Å². The highest BCUT2D eigenvalue weighted by Crippen LogP contribution is 2.00. The molecule has 0 saturated carbocycles. The smallest absolute Gasteiger partial charge is 0.405 e. The molecule has 1 aromatic rings. The van der Waals surface area contributed by atoms with Gasteiger partial charge in [-0.25, -0.2) is 0 Å². The van der Waals surface area contributed by atoms with Gasteiger partial charge in [-0.15, -0.1) is 0 Å². The van der Waals surface area contributed by atoms with E-state index in [1.54, 1.807) is 0 Å². The van der Waals surface area contributed by atoms with Gasteiger partial charge in [0.25, 0.3) is 0 Å². The van der Waals surface area contributed by atoms with Crippen molar-refractivity contribution in [3.8, 4) is 0 Å². The molecule has 0 aliphatic carbocycles. The first-order valence-electron chi connectivity index (χ1n) is 4.95. The lowest BCUT2D eigenvalue weighted by Gasteiger charge is -1.97. The lowest BCUT2D eigenvalue weighted by Crippen LogP contribution is -2.05. The van der Waals surface area contributed by atoms with Crippen molar-refractivity contribution < 1.29 is 0 Å². The molecule has 0 spiro atoms. The van der Waals surface area contributed by atoms with Crippen LogP contribution in [0.25, 0.3) is 0 Å². The van der Waals surface area contributed by atoms with Crippen LogP contribution in [0.2, 0.25) is 10.6 Å². The van der Waals surface area contributed by atoms with Crippen molar-refractivity contribution in [3.63, 3.8) is 0 Å². The molecule has 0 fully saturated rings. The third-order valence-corrected chi connectivity index (χ3v) is 4.63. The molecular formula is C11H16AlN. The summed E-state index contributed by atoms with van der Waals surface area (Å²) >= 11 is -0.792. The summed E-state index contributed by atoms with van der Waals surface area (Å²) in [6.07, 6.45) is 2.03. The van der Waals surface area contributed by atoms with E-state index in [1.807, 2.05) is 12.3 Å². The van der Waals surface area contributed by atoms with Crippen LogP contribution in [0, 0.1) is 0 Å². The van der Waals surface area contributed by atoms with Gasteiger partial charge in [0.15, 0.2) is 0 Å². The molecule has 0 N–H and O–H groups in total. The molecule has 0 radical (unpaired) electrons. The van der Waals surface area contributed by atoms with Crippen LogP contribution in [0.4, 0.5) is 0 Å². The molecule has 0 heterocycles. The maximum Gasteiger partial charge on any atom is 0.435 e. The van der Waals surface area contributed by atoms with Crippen LogP contribution in [0.5, 0.6) is 0 Å². The molecule has 68 valence electrons. The average Bonchev–Trinajstić information content (AvgIpc) is 2.21. The minimum atomic E-state index is -0.792. The van der Waals surface area contributed by atoms with Crippen LogP contribution in [-0.4, -0.2) is 20.6 Å². The topological polar surface area (TPSA) is 12.4 Å². The van der Waals surface area contributed by atoms with Gasteiger partial charge in [0.05, 0.1) is 0 Å². The zero-order valence-electron chi connectivity index (χ0n) is 8.40. The third-order valence-electron chi connectivity index (χ3n) is 2.18. The molecule has 1 nitrogen and oxygen atoms in total. The van der Waals surface area contributed by atoms with E-state index in [2.05, 4.69) is 42.1 Å². The Kier molecular flexibility index (Phi) is 4.82. The molecule has 1 rings (SSSR count). The van der Waals surface area contributed by atoms with Gasteiger partial charge in [-0.05, 0) is 11.8 Å². The average molecular weight is 189 g/mol. The van der Waals surface area contributed by atoms with Crippen molar-refractivity contribution >= 4 is 20.6 Å². The molecule has 0 saturated heterocycles. The van der Waals surface area contributed by atoms with Crippen LogP contribution in [0.3, 0.4) is 0 Å². The second kappa shape index (κ2) is 5.97. The summed E-state index contributed by atoms with van der Waals surface area (Å²) in [6, 6.07) is 10.3. The van der Waals surface area contributed by atoms with Crippen molar-refractivity contribution in [2.75, 3.05) is 0 Å². The Balaban J connectivity index is 2.57. The van der Waals surface area contributed by atoms with E-state index in [1.165, 1.54) is 16.1 Å². The molecule has 0 unspecified atom stereocenters. The monoisotopic (exact) mass is 189 g/mol. The molecule has 2 heteroatoms. The summed E-state index contributed by atoms with van der Waals surface area (Å²) in [5, 5.41) is 2.53. The van der Waals surface area contributed by atoms with E-state index in [4.69, 9.17) is 0 Å². The lowest BCUT2D eigenvalue weighted by atomic mass is 10.2. The van der Waals surface area contributed by atoms with Crippen molar-refractivity contribution in [1.82, 2.24) is 0 Å². The van der Waals surface area contributed by atoms with E-state index >= 15 is 0 Å². The highest BCUT2D eigenvalue weighted by molar-refractivity contribution is 6.57. The predicted octanol–water partition coefficient (Wildman–Crippen LogP) is 3.14. The Labute approximate surface area is 85.1 Å². The molecular weight excluding hydrogens is 173 g/mol. The molecule has 13 heavy (non-hydrogen) atoms. The Bertz CT molecular complexity index is 252. The van der Waals surface area contributed by atoms with E-state index in [0.29, 0.717) is 0 Å². The van der Waals surface area contributed by atoms with Gasteiger partial charge in [0.1, 0.15) is 0 Å². The SMILES string of the molecule is C[CH2][Al]([CH2]C)/[N]=C/c1ccccc1. The summed E-state index contributed by atoms with van der Waals surface area (Å²) in [4.78, 5) is 0. The normalized spacial score (nSPS) is 10.6. The summed E-state index contributed by atoms with van der Waals surface area (Å²) in [5.74, 6) is 0. The highest BCUT2D eigenvalue weighted by Gasteiger charge is 2.09. The number of benzene rings is 1. The molecule has 0 amide bonds. The van der Waals surface area contributed by atoms with Crippen molar-refractivity contribution in [1.29, 1.82) is 0 Å². The third kappa shape index (κ3) is 3.76. The van der Waals surface area contributed by atoms with Gasteiger partial charge in [0, 0.05) is 0 Å². The maximum absolute atomic E-state index is 4.64. The molecule has 0 aliphatic rings. The largest absolute Gasteiger partial charge is 0.435 e. The molecule has 0 bridgehead atoms. The summed E-state index contributed by atoms with van der Waals surface area (Å²) in [6.45, 7) is 4.48. The number of rotatable bonds is 4. The van der Waals surface area contributed by atoms with Gasteiger partial charge in [-0.2, -0.15) is 0 Å². The standard InChI is InChI=1S/C7H6N.2C2H5.Al/c8-6-7-4-2-1-3-5-7;2*1-2;/h1-6H;2*1H2,2H3;/q-1;;;+1. The highest BCUT2D eigenvalue weighted by atomic mass is 27.2. The summed E-state index contributed by atoms with van der Waals surface area (Å²) < 4.78 is 4.64. The number of nitrogens with zero attached hydrogens (tertiary/aromatic N) is 1. The minimum absolute atomic E-state index is 0.792. The quantitative estimate of drug-likeness (QED) is 0.509. The van der Waals surface area contributed by atoms with E-state index in [-0.39, 0.29) is 0 Å². The summed E-state index contributed by atoms with van der Waals surface area (Å²) in [7, 11) is 0. The zero-order valence-corrected chi connectivity index (χ0v) is 9.56. The van der Waals surface area contributed by atoms with Crippen LogP contribution < -0.4 is 0 Å². The van der Waals surface area contributed by atoms with Crippen LogP contribution >= 0.6 is 0 Å². The Morgan fingerprint density at radius 2 is 1.77 bits per heavy atom. The van der Waals surface area contributed by atoms with Crippen LogP contribution in [-0.2, 0) is 0 Å². The molecule has 0 aliphatic heterocycles. The lowest BCUT2D eigenvalue weighted by molar-refractivity contribution is 1.29. The van der Waals surface area contributed by atoms with Gasteiger partial charge >= 0.3 is 14.4 Å². The Morgan fingerprint density at radius 1 is 1.15 bits per heavy atom. The first kappa shape index (κ1) is 10.5. The fourth-order valence-electron chi connectivity index (χ4n) is 1.23. The van der Waals surface area contributed by atoms with Crippen molar-refractivity contribution in [2.24, 2.45) is 3.98 Å². The Morgan fingerprint density at radius 3 is 2.31 bits per heavy atom. The molecule has 1 aromatic carbocycles. The van der Waals surface area contributed by atoms with Gasteiger partial charge < -0.3 is 3.98 Å². The fourth-order valence-corrected chi connectivity index (χ4v) is 2.61. The number of hydrogen-bond donors (Lipinski definition) is 0. The van der Waals surface area contributed by atoms with Crippen LogP contribution in [0.1, 0.15) is 19.4 Å². The van der Waals surface area contributed by atoms with Crippen molar-refractivity contribution in [3.05, 3.63) is 35.9 Å². The summed E-state index contributed by atoms with van der Waals surface area (Å²) in [5.41, 5.74) is 1.22. The predicted molar refractivity (Wildman–Crippen MR) is 60.8 cm³/mol. The number of hydrogen-bond acceptors (Lipinski definition) is 1. The van der Waals surface area contributed by atoms with Gasteiger partial charge in [-0.1, -0.05) is 54.7 Å². The molecule has 0 aromatic heterocycles. The Hall–Kier alpha value is -0.578. The second-order valence-corrected chi connectivity index (χ2v) is 6.40.